The van der Waals surface area contributed by atoms with Gasteiger partial charge in [0.05, 0.1) is 0 Å². The average Bonchev–Trinajstić information content (AvgIpc) is 3.37. The van der Waals surface area contributed by atoms with Crippen LogP contribution in [0.5, 0.6) is 0 Å². The first-order valence-electron chi connectivity index (χ1n) is 9.40. The van der Waals surface area contributed by atoms with E-state index >= 15 is 0 Å². The molecule has 2 aromatic carbocycles. The predicted octanol–water partition coefficient (Wildman–Crippen LogP) is 5.30. The second-order valence-corrected chi connectivity index (χ2v) is 7.69. The molecular weight excluding hydrogens is 308 g/mol. The summed E-state index contributed by atoms with van der Waals surface area (Å²) in [7, 11) is 0. The van der Waals surface area contributed by atoms with Gasteiger partial charge >= 0.3 is 0 Å². The Morgan fingerprint density at radius 1 is 0.720 bits per heavy atom. The van der Waals surface area contributed by atoms with Crippen LogP contribution in [-0.4, -0.2) is 6.29 Å². The highest BCUT2D eigenvalue weighted by Crippen LogP contribution is 2.54. The second-order valence-electron chi connectivity index (χ2n) is 7.69. The summed E-state index contributed by atoms with van der Waals surface area (Å²) in [5.74, 6) is 2.41. The lowest BCUT2D eigenvalue weighted by Gasteiger charge is -2.29. The molecule has 2 nitrogen and oxygen atoms in total. The summed E-state index contributed by atoms with van der Waals surface area (Å²) in [6, 6.07) is 21.0. The number of ether oxygens (including phenoxy) is 2. The van der Waals surface area contributed by atoms with Gasteiger partial charge in [-0.25, -0.2) is 0 Å². The molecular formula is C23H24O2. The fourth-order valence-corrected chi connectivity index (χ4v) is 4.99. The summed E-state index contributed by atoms with van der Waals surface area (Å²) in [5.41, 5.74) is 2.40. The van der Waals surface area contributed by atoms with Gasteiger partial charge in [-0.3, -0.25) is 0 Å². The number of hydrogen-bond donors (Lipinski definition) is 0. The fraction of sp³-hybridized carbons (Fsp3) is 0.391. The van der Waals surface area contributed by atoms with Crippen LogP contribution in [0.2, 0.25) is 0 Å². The number of benzene rings is 2. The van der Waals surface area contributed by atoms with Crippen molar-refractivity contribution in [3.63, 3.8) is 0 Å². The van der Waals surface area contributed by atoms with Crippen molar-refractivity contribution in [1.29, 1.82) is 0 Å². The normalized spacial score (nSPS) is 37.0. The Morgan fingerprint density at radius 2 is 1.24 bits per heavy atom. The van der Waals surface area contributed by atoms with Gasteiger partial charge in [0.25, 0.3) is 0 Å². The standard InChI is InChI=1S/C23H24O2/c1-15-18-12-13-19(14-18)20(15)23-24-21(16-8-4-2-5-9-16)22(25-23)17-10-6-3-7-11-17/h2-13,15,18-23H,14H2,1H3/t15?,18?,19?,20-,21+,22+/m1/s1. The minimum Gasteiger partial charge on any atom is -0.341 e. The molecule has 0 radical (unpaired) electrons. The first-order chi connectivity index (χ1) is 12.3. The lowest BCUT2D eigenvalue weighted by Crippen LogP contribution is -2.30. The third-order valence-corrected chi connectivity index (χ3v) is 6.33. The van der Waals surface area contributed by atoms with Crippen LogP contribution in [0.4, 0.5) is 0 Å². The fourth-order valence-electron chi connectivity index (χ4n) is 4.99. The summed E-state index contributed by atoms with van der Waals surface area (Å²) < 4.78 is 13.1. The zero-order valence-corrected chi connectivity index (χ0v) is 14.5. The summed E-state index contributed by atoms with van der Waals surface area (Å²) >= 11 is 0. The zero-order chi connectivity index (χ0) is 16.8. The van der Waals surface area contributed by atoms with Crippen LogP contribution in [0, 0.1) is 23.7 Å². The highest BCUT2D eigenvalue weighted by Gasteiger charge is 2.51. The second kappa shape index (κ2) is 6.12. The van der Waals surface area contributed by atoms with E-state index in [1.165, 1.54) is 17.5 Å². The van der Waals surface area contributed by atoms with Crippen LogP contribution < -0.4 is 0 Å². The first-order valence-corrected chi connectivity index (χ1v) is 9.40. The molecule has 3 aliphatic rings. The van der Waals surface area contributed by atoms with Crippen LogP contribution in [0.3, 0.4) is 0 Å². The number of fused-ring (bicyclic) bond motifs is 2. The summed E-state index contributed by atoms with van der Waals surface area (Å²) in [6.45, 7) is 2.36. The molecule has 0 spiro atoms. The van der Waals surface area contributed by atoms with Crippen LogP contribution in [0.1, 0.15) is 36.7 Å². The summed E-state index contributed by atoms with van der Waals surface area (Å²) in [4.78, 5) is 0. The van der Waals surface area contributed by atoms with E-state index in [4.69, 9.17) is 9.47 Å². The lowest BCUT2D eigenvalue weighted by atomic mass is 9.84. The van der Waals surface area contributed by atoms with Gasteiger partial charge in [0.15, 0.2) is 6.29 Å². The van der Waals surface area contributed by atoms with E-state index in [1.807, 2.05) is 0 Å². The zero-order valence-electron chi connectivity index (χ0n) is 14.5. The van der Waals surface area contributed by atoms with Crippen LogP contribution >= 0.6 is 0 Å². The van der Waals surface area contributed by atoms with Gasteiger partial charge in [0.2, 0.25) is 0 Å². The molecule has 3 unspecified atom stereocenters. The van der Waals surface area contributed by atoms with Crippen LogP contribution in [0.15, 0.2) is 72.8 Å². The van der Waals surface area contributed by atoms with Crippen LogP contribution in [0.25, 0.3) is 0 Å². The van der Waals surface area contributed by atoms with Gasteiger partial charge in [-0.2, -0.15) is 0 Å². The Balaban J connectivity index is 1.48. The third-order valence-electron chi connectivity index (χ3n) is 6.33. The lowest BCUT2D eigenvalue weighted by molar-refractivity contribution is -0.122. The molecule has 0 aromatic heterocycles. The van der Waals surface area contributed by atoms with Crippen molar-refractivity contribution in [3.05, 3.63) is 83.9 Å². The van der Waals surface area contributed by atoms with E-state index in [-0.39, 0.29) is 18.5 Å². The molecule has 1 heterocycles. The van der Waals surface area contributed by atoms with E-state index in [9.17, 15) is 0 Å². The minimum atomic E-state index is -0.120. The van der Waals surface area contributed by atoms with Gasteiger partial charge in [-0.05, 0) is 35.3 Å². The Labute approximate surface area is 149 Å². The van der Waals surface area contributed by atoms with Gasteiger partial charge in [-0.15, -0.1) is 0 Å². The van der Waals surface area contributed by atoms with E-state index in [0.717, 1.165) is 0 Å². The van der Waals surface area contributed by atoms with Gasteiger partial charge < -0.3 is 9.47 Å². The van der Waals surface area contributed by atoms with Crippen molar-refractivity contribution in [1.82, 2.24) is 0 Å². The van der Waals surface area contributed by atoms with Crippen molar-refractivity contribution >= 4 is 0 Å². The molecule has 2 heteroatoms. The summed E-state index contributed by atoms with van der Waals surface area (Å²) in [6.07, 6.45) is 5.85. The van der Waals surface area contributed by atoms with E-state index in [0.29, 0.717) is 23.7 Å². The molecule has 0 amide bonds. The first kappa shape index (κ1) is 15.4. The Hall–Kier alpha value is -1.90. The molecule has 5 rings (SSSR count). The number of rotatable bonds is 3. The van der Waals surface area contributed by atoms with E-state index in [1.54, 1.807) is 0 Å². The SMILES string of the molecule is CC1C2C=CC(C2)[C@@H]1C1O[C@@H](c2ccccc2)[C@H](c2ccccc2)O1. The number of hydrogen-bond acceptors (Lipinski definition) is 2. The van der Waals surface area contributed by atoms with Crippen molar-refractivity contribution in [3.8, 4) is 0 Å². The van der Waals surface area contributed by atoms with Crippen LogP contribution in [-0.2, 0) is 9.47 Å². The Kier molecular flexibility index (Phi) is 3.76. The van der Waals surface area contributed by atoms with Gasteiger partial charge in [0.1, 0.15) is 12.2 Å². The average molecular weight is 332 g/mol. The maximum atomic E-state index is 6.57. The van der Waals surface area contributed by atoms with E-state index in [2.05, 4.69) is 79.7 Å². The molecule has 1 saturated heterocycles. The molecule has 6 atom stereocenters. The molecule has 2 aliphatic carbocycles. The highest BCUT2D eigenvalue weighted by atomic mass is 16.7. The molecule has 25 heavy (non-hydrogen) atoms. The van der Waals surface area contributed by atoms with Crippen molar-refractivity contribution in [2.75, 3.05) is 0 Å². The highest BCUT2D eigenvalue weighted by molar-refractivity contribution is 5.26. The van der Waals surface area contributed by atoms with Crippen molar-refractivity contribution < 1.29 is 9.47 Å². The molecule has 0 N–H and O–H groups in total. The smallest absolute Gasteiger partial charge is 0.163 e. The molecule has 128 valence electrons. The topological polar surface area (TPSA) is 18.5 Å². The molecule has 2 fully saturated rings. The quantitative estimate of drug-likeness (QED) is 0.710. The molecule has 1 saturated carbocycles. The maximum absolute atomic E-state index is 6.57. The van der Waals surface area contributed by atoms with Gasteiger partial charge in [-0.1, -0.05) is 79.7 Å². The number of allylic oxidation sites excluding steroid dienone is 2. The maximum Gasteiger partial charge on any atom is 0.163 e. The van der Waals surface area contributed by atoms with E-state index < -0.39 is 0 Å². The van der Waals surface area contributed by atoms with Crippen molar-refractivity contribution in [2.24, 2.45) is 23.7 Å². The Bertz CT molecular complexity index is 707. The van der Waals surface area contributed by atoms with Crippen molar-refractivity contribution in [2.45, 2.75) is 31.8 Å². The third kappa shape index (κ3) is 2.56. The molecule has 2 aromatic rings. The predicted molar refractivity (Wildman–Crippen MR) is 97.7 cm³/mol. The Morgan fingerprint density at radius 3 is 1.72 bits per heavy atom. The summed E-state index contributed by atoms with van der Waals surface area (Å²) in [5, 5.41) is 0. The molecule has 2 bridgehead atoms. The van der Waals surface area contributed by atoms with Gasteiger partial charge in [0, 0.05) is 5.92 Å². The minimum absolute atomic E-state index is 0.0380. The monoisotopic (exact) mass is 332 g/mol. The molecule has 1 aliphatic heterocycles. The largest absolute Gasteiger partial charge is 0.341 e.